The summed E-state index contributed by atoms with van der Waals surface area (Å²) in [5, 5.41) is 8.92. The monoisotopic (exact) mass is 401 g/mol. The number of aromatic nitrogens is 2. The number of sulfonamides is 1. The predicted molar refractivity (Wildman–Crippen MR) is 105 cm³/mol. The van der Waals surface area contributed by atoms with E-state index in [-0.39, 0.29) is 22.7 Å². The second kappa shape index (κ2) is 6.92. The number of nitrogens with zero attached hydrogens (tertiary/aromatic N) is 4. The maximum Gasteiger partial charge on any atom is 0.510 e. The largest absolute Gasteiger partial charge is 0.510 e. The summed E-state index contributed by atoms with van der Waals surface area (Å²) in [6.45, 7) is 5.82. The average Bonchev–Trinajstić information content (AvgIpc) is 3.31. The third kappa shape index (κ3) is 3.23. The molecule has 1 heterocycles. The normalized spacial score (nSPS) is 21.0. The number of fused-ring (bicyclic) bond motifs is 1. The Morgan fingerprint density at radius 1 is 1.25 bits per heavy atom. The fourth-order valence-corrected chi connectivity index (χ4v) is 4.30. The molecular formula is C19H21N4O4S+. The molecule has 2 atom stereocenters. The number of hydrogen-bond acceptors (Lipinski definition) is 5. The minimum Gasteiger partial charge on any atom is -0.293 e. The Labute approximate surface area is 162 Å². The van der Waals surface area contributed by atoms with Crippen LogP contribution in [0.1, 0.15) is 33.6 Å². The molecule has 0 spiro atoms. The molecule has 0 N–H and O–H groups in total. The molecule has 8 nitrogen and oxygen atoms in total. The highest BCUT2D eigenvalue weighted by Crippen LogP contribution is 2.53. The van der Waals surface area contributed by atoms with E-state index in [0.29, 0.717) is 24.9 Å². The second-order valence-electron chi connectivity index (χ2n) is 7.11. The van der Waals surface area contributed by atoms with E-state index in [0.717, 1.165) is 4.57 Å². The van der Waals surface area contributed by atoms with Crippen LogP contribution in [0, 0.1) is 28.7 Å². The van der Waals surface area contributed by atoms with Gasteiger partial charge in [-0.2, -0.15) is 5.26 Å². The molecule has 0 radical (unpaired) electrons. The SMILES string of the molecule is CCn1c(=O)c2cc(S(=O)(=O)[N+]#CC3(C)C[C@H]3CC#N)ccc2n(CC)c1=O. The van der Waals surface area contributed by atoms with Crippen molar-refractivity contribution in [2.45, 2.75) is 51.6 Å². The summed E-state index contributed by atoms with van der Waals surface area (Å²) in [5.74, 6) is 0.0591. The van der Waals surface area contributed by atoms with Crippen molar-refractivity contribution in [2.24, 2.45) is 11.3 Å². The predicted octanol–water partition coefficient (Wildman–Crippen LogP) is 2.16. The van der Waals surface area contributed by atoms with Crippen molar-refractivity contribution < 1.29 is 8.42 Å². The molecule has 2 aromatic rings. The topological polar surface area (TPSA) is 106 Å². The summed E-state index contributed by atoms with van der Waals surface area (Å²) in [6.07, 6.45) is 1.00. The van der Waals surface area contributed by atoms with Gasteiger partial charge in [-0.05, 0) is 51.3 Å². The van der Waals surface area contributed by atoms with E-state index in [9.17, 15) is 18.0 Å². The van der Waals surface area contributed by atoms with Crippen molar-refractivity contribution in [1.82, 2.24) is 9.13 Å². The lowest BCUT2D eigenvalue weighted by Gasteiger charge is -2.11. The lowest BCUT2D eigenvalue weighted by molar-refractivity contribution is 0.602. The van der Waals surface area contributed by atoms with Crippen LogP contribution in [0.15, 0.2) is 32.7 Å². The van der Waals surface area contributed by atoms with Crippen molar-refractivity contribution in [3.63, 3.8) is 0 Å². The van der Waals surface area contributed by atoms with Gasteiger partial charge in [0.15, 0.2) is 4.90 Å². The highest BCUT2D eigenvalue weighted by molar-refractivity contribution is 7.93. The van der Waals surface area contributed by atoms with Gasteiger partial charge in [0.2, 0.25) is 0 Å². The van der Waals surface area contributed by atoms with Gasteiger partial charge in [-0.25, -0.2) is 4.79 Å². The van der Waals surface area contributed by atoms with Crippen LogP contribution in [0.4, 0.5) is 0 Å². The van der Waals surface area contributed by atoms with Gasteiger partial charge in [-0.3, -0.25) is 13.9 Å². The molecule has 1 aromatic carbocycles. The average molecular weight is 401 g/mol. The van der Waals surface area contributed by atoms with Crippen LogP contribution in [0.3, 0.4) is 0 Å². The molecule has 1 aromatic heterocycles. The molecule has 146 valence electrons. The quantitative estimate of drug-likeness (QED) is 0.780. The van der Waals surface area contributed by atoms with E-state index in [2.05, 4.69) is 16.4 Å². The highest BCUT2D eigenvalue weighted by Gasteiger charge is 2.54. The van der Waals surface area contributed by atoms with Gasteiger partial charge < -0.3 is 0 Å². The molecule has 0 bridgehead atoms. The molecule has 0 amide bonds. The Bertz CT molecular complexity index is 1290. The Hall–Kier alpha value is -2.91. The van der Waals surface area contributed by atoms with Crippen LogP contribution in [0.2, 0.25) is 0 Å². The summed E-state index contributed by atoms with van der Waals surface area (Å²) in [6, 6.07) is 8.80. The van der Waals surface area contributed by atoms with E-state index in [1.165, 1.54) is 22.8 Å². The van der Waals surface area contributed by atoms with Crippen LogP contribution in [-0.2, 0) is 23.1 Å². The number of aryl methyl sites for hydroxylation is 1. The molecule has 1 aliphatic rings. The molecule has 1 fully saturated rings. The van der Waals surface area contributed by atoms with Crippen molar-refractivity contribution >= 4 is 20.9 Å². The van der Waals surface area contributed by atoms with Gasteiger partial charge in [-0.1, -0.05) is 0 Å². The van der Waals surface area contributed by atoms with Crippen molar-refractivity contribution in [3.05, 3.63) is 43.3 Å². The van der Waals surface area contributed by atoms with E-state index in [1.54, 1.807) is 13.8 Å². The summed E-state index contributed by atoms with van der Waals surface area (Å²) in [4.78, 5) is 24.9. The maximum absolute atomic E-state index is 12.6. The van der Waals surface area contributed by atoms with Gasteiger partial charge in [0, 0.05) is 19.5 Å². The number of hydrogen-bond donors (Lipinski definition) is 0. The summed E-state index contributed by atoms with van der Waals surface area (Å²) < 4.78 is 31.4. The molecule has 0 saturated heterocycles. The van der Waals surface area contributed by atoms with Gasteiger partial charge in [0.05, 0.1) is 21.2 Å². The van der Waals surface area contributed by atoms with E-state index in [4.69, 9.17) is 5.26 Å². The first kappa shape index (κ1) is 19.8. The lowest BCUT2D eigenvalue weighted by Crippen LogP contribution is -2.39. The van der Waals surface area contributed by atoms with Gasteiger partial charge in [-0.15, -0.1) is 8.42 Å². The third-order valence-corrected chi connectivity index (χ3v) is 6.48. The van der Waals surface area contributed by atoms with Crippen LogP contribution in [-0.4, -0.2) is 17.6 Å². The Balaban J connectivity index is 2.12. The fraction of sp³-hybridized carbons (Fsp3) is 0.474. The third-order valence-electron chi connectivity index (χ3n) is 5.30. The molecule has 1 saturated carbocycles. The van der Waals surface area contributed by atoms with E-state index < -0.39 is 26.7 Å². The number of rotatable bonds is 4. The summed E-state index contributed by atoms with van der Waals surface area (Å²) in [7, 11) is -4.05. The van der Waals surface area contributed by atoms with Gasteiger partial charge in [0.25, 0.3) is 5.56 Å². The first-order valence-electron chi connectivity index (χ1n) is 9.07. The van der Waals surface area contributed by atoms with Crippen LogP contribution in [0.5, 0.6) is 0 Å². The minimum atomic E-state index is -4.05. The first-order chi connectivity index (χ1) is 13.2. The molecule has 1 unspecified atom stereocenters. The highest BCUT2D eigenvalue weighted by atomic mass is 32.2. The van der Waals surface area contributed by atoms with E-state index >= 15 is 0 Å². The molecule has 9 heteroatoms. The standard InChI is InChI=1S/C19H21N4O4S/c1-4-22-16-7-6-14(10-15(16)17(24)23(5-2)18(22)25)28(26,27)21-12-19(3)11-13(19)8-9-20/h6-7,10,13H,4-5,8,11H2,1-3H3/q+1/t13-,19?/m1/s1. The Kier molecular flexibility index (Phi) is 4.90. The molecular weight excluding hydrogens is 380 g/mol. The minimum absolute atomic E-state index is 0.0591. The molecule has 28 heavy (non-hydrogen) atoms. The Morgan fingerprint density at radius 2 is 1.93 bits per heavy atom. The van der Waals surface area contributed by atoms with Crippen LogP contribution in [0.25, 0.3) is 15.2 Å². The zero-order valence-corrected chi connectivity index (χ0v) is 16.8. The van der Waals surface area contributed by atoms with Crippen LogP contribution >= 0.6 is 0 Å². The zero-order valence-electron chi connectivity index (χ0n) is 16.0. The summed E-state index contributed by atoms with van der Waals surface area (Å²) in [5.41, 5.74) is -1.08. The number of benzene rings is 1. The van der Waals surface area contributed by atoms with Crippen molar-refractivity contribution in [3.8, 4) is 12.1 Å². The van der Waals surface area contributed by atoms with Crippen molar-refractivity contribution in [2.75, 3.05) is 0 Å². The van der Waals surface area contributed by atoms with E-state index in [1.807, 2.05) is 6.92 Å². The fourth-order valence-electron chi connectivity index (χ4n) is 3.36. The zero-order chi connectivity index (χ0) is 20.7. The second-order valence-corrected chi connectivity index (χ2v) is 8.72. The first-order valence-corrected chi connectivity index (χ1v) is 10.5. The maximum atomic E-state index is 12.6. The molecule has 1 aliphatic carbocycles. The number of nitriles is 1. The Morgan fingerprint density at radius 3 is 2.54 bits per heavy atom. The smallest absolute Gasteiger partial charge is 0.293 e. The molecule has 0 aliphatic heterocycles. The van der Waals surface area contributed by atoms with Crippen LogP contribution < -0.4 is 11.2 Å². The lowest BCUT2D eigenvalue weighted by atomic mass is 10.1. The van der Waals surface area contributed by atoms with Gasteiger partial charge in [0.1, 0.15) is 5.41 Å². The molecule has 3 rings (SSSR count). The summed E-state index contributed by atoms with van der Waals surface area (Å²) >= 11 is 0. The van der Waals surface area contributed by atoms with Gasteiger partial charge >= 0.3 is 21.8 Å². The van der Waals surface area contributed by atoms with Crippen molar-refractivity contribution in [1.29, 1.82) is 5.26 Å².